The number of ether oxygens (including phenoxy) is 1. The molecule has 1 aromatic heterocycles. The number of nitrogens with one attached hydrogen (secondary N) is 1. The average Bonchev–Trinajstić information content (AvgIpc) is 2.67. The third-order valence-corrected chi connectivity index (χ3v) is 2.67. The van der Waals surface area contributed by atoms with E-state index in [0.717, 1.165) is 11.4 Å². The number of anilines is 2. The van der Waals surface area contributed by atoms with Gasteiger partial charge < -0.3 is 10.1 Å². The number of aromatic nitrogens is 2. The lowest BCUT2D eigenvalue weighted by Gasteiger charge is -2.07. The quantitative estimate of drug-likeness (QED) is 0.675. The summed E-state index contributed by atoms with van der Waals surface area (Å²) in [5.74, 6) is 0.219. The van der Waals surface area contributed by atoms with Gasteiger partial charge in [0.05, 0.1) is 23.4 Å². The van der Waals surface area contributed by atoms with E-state index in [2.05, 4.69) is 10.4 Å². The lowest BCUT2D eigenvalue weighted by atomic mass is 10.2. The van der Waals surface area contributed by atoms with E-state index in [0.29, 0.717) is 5.69 Å². The van der Waals surface area contributed by atoms with Crippen LogP contribution in [0.15, 0.2) is 24.4 Å². The third kappa shape index (κ3) is 2.65. The molecule has 0 radical (unpaired) electrons. The number of rotatable bonds is 4. The summed E-state index contributed by atoms with van der Waals surface area (Å²) in [6, 6.07) is 4.63. The second kappa shape index (κ2) is 4.97. The molecule has 0 unspecified atom stereocenters. The zero-order chi connectivity index (χ0) is 14.0. The predicted molar refractivity (Wildman–Crippen MR) is 70.9 cm³/mol. The van der Waals surface area contributed by atoms with Crippen molar-refractivity contribution in [2.45, 2.75) is 6.92 Å². The van der Waals surface area contributed by atoms with E-state index in [1.165, 1.54) is 13.2 Å². The smallest absolute Gasteiger partial charge is 0.311 e. The van der Waals surface area contributed by atoms with Gasteiger partial charge >= 0.3 is 5.69 Å². The molecule has 100 valence electrons. The van der Waals surface area contributed by atoms with E-state index < -0.39 is 4.92 Å². The van der Waals surface area contributed by atoms with Gasteiger partial charge in [0.2, 0.25) is 0 Å². The molecule has 0 atom stereocenters. The molecule has 7 heteroatoms. The van der Waals surface area contributed by atoms with Crippen molar-refractivity contribution in [3.8, 4) is 5.75 Å². The first-order valence-electron chi connectivity index (χ1n) is 5.61. The lowest BCUT2D eigenvalue weighted by Crippen LogP contribution is -1.96. The van der Waals surface area contributed by atoms with Crippen LogP contribution in [-0.4, -0.2) is 21.8 Å². The molecule has 0 amide bonds. The molecule has 0 saturated carbocycles. The minimum absolute atomic E-state index is 0.0593. The van der Waals surface area contributed by atoms with Crippen LogP contribution in [0.3, 0.4) is 0 Å². The van der Waals surface area contributed by atoms with Crippen LogP contribution in [0, 0.1) is 17.0 Å². The molecule has 0 fully saturated rings. The van der Waals surface area contributed by atoms with Gasteiger partial charge in [0.25, 0.3) is 0 Å². The fourth-order valence-corrected chi connectivity index (χ4v) is 1.78. The number of nitro benzene ring substituents is 1. The molecular weight excluding hydrogens is 248 g/mol. The van der Waals surface area contributed by atoms with Crippen LogP contribution < -0.4 is 10.1 Å². The SMILES string of the molecule is COc1cc(Nc2cn(C)nc2C)ccc1[N+](=O)[O-]. The van der Waals surface area contributed by atoms with Crippen molar-refractivity contribution >= 4 is 17.1 Å². The standard InChI is InChI=1S/C12H14N4O3/c1-8-10(7-15(2)14-8)13-9-4-5-11(16(17)18)12(6-9)19-3/h4-7,13H,1-3H3. The Bertz CT molecular complexity index is 621. The Kier molecular flexibility index (Phi) is 3.37. The van der Waals surface area contributed by atoms with Gasteiger partial charge in [-0.05, 0) is 13.0 Å². The van der Waals surface area contributed by atoms with Crippen molar-refractivity contribution in [2.75, 3.05) is 12.4 Å². The molecule has 2 aromatic rings. The van der Waals surface area contributed by atoms with E-state index >= 15 is 0 Å². The van der Waals surface area contributed by atoms with Gasteiger partial charge in [-0.25, -0.2) is 0 Å². The van der Waals surface area contributed by atoms with E-state index in [9.17, 15) is 10.1 Å². The summed E-state index contributed by atoms with van der Waals surface area (Å²) in [7, 11) is 3.23. The van der Waals surface area contributed by atoms with E-state index in [1.54, 1.807) is 16.8 Å². The highest BCUT2D eigenvalue weighted by atomic mass is 16.6. The Balaban J connectivity index is 2.31. The highest BCUT2D eigenvalue weighted by Crippen LogP contribution is 2.31. The molecule has 0 bridgehead atoms. The molecule has 0 aliphatic rings. The van der Waals surface area contributed by atoms with Crippen molar-refractivity contribution < 1.29 is 9.66 Å². The molecule has 1 aromatic carbocycles. The normalized spacial score (nSPS) is 10.3. The Morgan fingerprint density at radius 1 is 1.47 bits per heavy atom. The van der Waals surface area contributed by atoms with Gasteiger partial charge in [-0.15, -0.1) is 0 Å². The molecular formula is C12H14N4O3. The third-order valence-electron chi connectivity index (χ3n) is 2.67. The van der Waals surface area contributed by atoms with E-state index in [4.69, 9.17) is 4.74 Å². The summed E-state index contributed by atoms with van der Waals surface area (Å²) in [4.78, 5) is 10.3. The van der Waals surface area contributed by atoms with Crippen LogP contribution in [0.2, 0.25) is 0 Å². The molecule has 19 heavy (non-hydrogen) atoms. The fourth-order valence-electron chi connectivity index (χ4n) is 1.78. The number of hydrogen-bond donors (Lipinski definition) is 1. The first-order chi connectivity index (χ1) is 9.01. The number of nitro groups is 1. The molecule has 2 rings (SSSR count). The van der Waals surface area contributed by atoms with Crippen LogP contribution >= 0.6 is 0 Å². The lowest BCUT2D eigenvalue weighted by molar-refractivity contribution is -0.385. The first kappa shape index (κ1) is 12.9. The fraction of sp³-hybridized carbons (Fsp3) is 0.250. The van der Waals surface area contributed by atoms with Gasteiger partial charge in [0.15, 0.2) is 5.75 Å². The monoisotopic (exact) mass is 262 g/mol. The molecule has 0 aliphatic carbocycles. The summed E-state index contributed by atoms with van der Waals surface area (Å²) in [5, 5.41) is 18.2. The minimum atomic E-state index is -0.474. The molecule has 0 saturated heterocycles. The number of methoxy groups -OCH3 is 1. The minimum Gasteiger partial charge on any atom is -0.490 e. The van der Waals surface area contributed by atoms with Crippen LogP contribution in [0.1, 0.15) is 5.69 Å². The van der Waals surface area contributed by atoms with Crippen molar-refractivity contribution in [2.24, 2.45) is 7.05 Å². The Labute approximate surface area is 110 Å². The maximum atomic E-state index is 10.8. The second-order valence-electron chi connectivity index (χ2n) is 4.07. The predicted octanol–water partition coefficient (Wildman–Crippen LogP) is 2.39. The summed E-state index contributed by atoms with van der Waals surface area (Å²) in [5.41, 5.74) is 2.34. The number of hydrogen-bond acceptors (Lipinski definition) is 5. The summed E-state index contributed by atoms with van der Waals surface area (Å²) in [6.45, 7) is 1.88. The Morgan fingerprint density at radius 2 is 2.21 bits per heavy atom. The maximum Gasteiger partial charge on any atom is 0.311 e. The van der Waals surface area contributed by atoms with Crippen LogP contribution in [0.5, 0.6) is 5.75 Å². The van der Waals surface area contributed by atoms with Crippen molar-refractivity contribution in [1.29, 1.82) is 0 Å². The van der Waals surface area contributed by atoms with Crippen molar-refractivity contribution in [3.05, 3.63) is 40.2 Å². The number of benzene rings is 1. The van der Waals surface area contributed by atoms with Crippen LogP contribution in [-0.2, 0) is 7.05 Å². The molecule has 0 aliphatic heterocycles. The van der Waals surface area contributed by atoms with E-state index in [-0.39, 0.29) is 11.4 Å². The van der Waals surface area contributed by atoms with Gasteiger partial charge in [0.1, 0.15) is 0 Å². The highest BCUT2D eigenvalue weighted by Gasteiger charge is 2.15. The van der Waals surface area contributed by atoms with Gasteiger partial charge in [-0.2, -0.15) is 5.10 Å². The average molecular weight is 262 g/mol. The summed E-state index contributed by atoms with van der Waals surface area (Å²) < 4.78 is 6.71. The highest BCUT2D eigenvalue weighted by molar-refractivity contribution is 5.65. The molecule has 1 heterocycles. The van der Waals surface area contributed by atoms with Crippen molar-refractivity contribution in [1.82, 2.24) is 9.78 Å². The largest absolute Gasteiger partial charge is 0.490 e. The summed E-state index contributed by atoms with van der Waals surface area (Å²) in [6.07, 6.45) is 1.84. The van der Waals surface area contributed by atoms with Crippen molar-refractivity contribution in [3.63, 3.8) is 0 Å². The van der Waals surface area contributed by atoms with Gasteiger partial charge in [0, 0.05) is 31.1 Å². The maximum absolute atomic E-state index is 10.8. The van der Waals surface area contributed by atoms with Gasteiger partial charge in [-0.1, -0.05) is 0 Å². The zero-order valence-electron chi connectivity index (χ0n) is 10.9. The van der Waals surface area contributed by atoms with Crippen LogP contribution in [0.25, 0.3) is 0 Å². The van der Waals surface area contributed by atoms with Crippen LogP contribution in [0.4, 0.5) is 17.1 Å². The Hall–Kier alpha value is -2.57. The first-order valence-corrected chi connectivity index (χ1v) is 5.61. The molecule has 7 nitrogen and oxygen atoms in total. The molecule has 0 spiro atoms. The van der Waals surface area contributed by atoms with E-state index in [1.807, 2.05) is 20.2 Å². The second-order valence-corrected chi connectivity index (χ2v) is 4.07. The Morgan fingerprint density at radius 3 is 2.74 bits per heavy atom. The number of nitrogens with zero attached hydrogens (tertiary/aromatic N) is 3. The van der Waals surface area contributed by atoms with Gasteiger partial charge in [-0.3, -0.25) is 14.8 Å². The zero-order valence-corrected chi connectivity index (χ0v) is 10.9. The molecule has 1 N–H and O–H groups in total. The summed E-state index contributed by atoms with van der Waals surface area (Å²) >= 11 is 0. The number of aryl methyl sites for hydroxylation is 2. The topological polar surface area (TPSA) is 82.2 Å².